The minimum absolute atomic E-state index is 0.0622. The number of rotatable bonds is 13. The molecule has 2 amide bonds. The highest BCUT2D eigenvalue weighted by molar-refractivity contribution is 5.70. The second kappa shape index (κ2) is 17.6. The fraction of sp³-hybridized carbons (Fsp3) is 0.415. The van der Waals surface area contributed by atoms with E-state index >= 15 is 0 Å². The number of alkyl halides is 2. The van der Waals surface area contributed by atoms with Crippen molar-refractivity contribution in [1.29, 1.82) is 0 Å². The van der Waals surface area contributed by atoms with Gasteiger partial charge < -0.3 is 34.6 Å². The van der Waals surface area contributed by atoms with Gasteiger partial charge in [-0.05, 0) is 94.1 Å². The lowest BCUT2D eigenvalue weighted by atomic mass is 9.91. The molecule has 0 saturated carbocycles. The molecule has 11 nitrogen and oxygen atoms in total. The van der Waals surface area contributed by atoms with Crippen LogP contribution in [0.15, 0.2) is 85.1 Å². The molecule has 1 saturated heterocycles. The van der Waals surface area contributed by atoms with E-state index in [1.807, 2.05) is 68.4 Å². The van der Waals surface area contributed by atoms with Crippen LogP contribution in [-0.4, -0.2) is 71.0 Å². The first-order chi connectivity index (χ1) is 25.7. The Morgan fingerprint density at radius 1 is 0.907 bits per heavy atom. The molecule has 0 spiro atoms. The van der Waals surface area contributed by atoms with Gasteiger partial charge in [-0.15, -0.1) is 0 Å². The number of carbonyl (C=O) groups is 2. The number of nitrogens with zero attached hydrogens (tertiary/aromatic N) is 4. The molecule has 13 heteroatoms. The second-order valence-electron chi connectivity index (χ2n) is 15.1. The molecule has 1 fully saturated rings. The maximum atomic E-state index is 14.3. The van der Waals surface area contributed by atoms with Crippen LogP contribution in [0.4, 0.5) is 35.6 Å². The molecule has 2 aromatic heterocycles. The van der Waals surface area contributed by atoms with Crippen LogP contribution in [0, 0.1) is 5.92 Å². The summed E-state index contributed by atoms with van der Waals surface area (Å²) in [5.74, 6) is 0.634. The lowest BCUT2D eigenvalue weighted by molar-refractivity contribution is 0.0404. The average molecular weight is 745 g/mol. The number of alkyl carbamates (subject to hydrolysis) is 1. The molecule has 0 radical (unpaired) electrons. The largest absolute Gasteiger partial charge is 0.489 e. The Labute approximate surface area is 316 Å². The van der Waals surface area contributed by atoms with Gasteiger partial charge in [-0.2, -0.15) is 0 Å². The number of benzene rings is 2. The lowest BCUT2D eigenvalue weighted by Crippen LogP contribution is -2.52. The number of amides is 2. The summed E-state index contributed by atoms with van der Waals surface area (Å²) in [6.45, 7) is 13.8. The van der Waals surface area contributed by atoms with E-state index in [-0.39, 0.29) is 31.0 Å². The number of halogens is 2. The van der Waals surface area contributed by atoms with Crippen molar-refractivity contribution in [1.82, 2.24) is 20.2 Å². The molecule has 0 aliphatic carbocycles. The predicted molar refractivity (Wildman–Crippen MR) is 205 cm³/mol. The Hall–Kier alpha value is -5.46. The summed E-state index contributed by atoms with van der Waals surface area (Å²) in [7, 11) is 0. The number of anilines is 3. The first-order valence-electron chi connectivity index (χ1n) is 18.1. The van der Waals surface area contributed by atoms with E-state index < -0.39 is 29.4 Å². The molecule has 54 heavy (non-hydrogen) atoms. The van der Waals surface area contributed by atoms with Gasteiger partial charge in [0.2, 0.25) is 0 Å². The number of piperazine rings is 1. The van der Waals surface area contributed by atoms with Crippen molar-refractivity contribution in [3.8, 4) is 17.0 Å². The van der Waals surface area contributed by atoms with E-state index in [1.165, 1.54) is 6.07 Å². The molecular weight excluding hydrogens is 694 g/mol. The molecule has 2 aromatic carbocycles. The van der Waals surface area contributed by atoms with E-state index in [0.717, 1.165) is 16.9 Å². The van der Waals surface area contributed by atoms with Crippen molar-refractivity contribution in [3.05, 3.63) is 96.3 Å². The van der Waals surface area contributed by atoms with Gasteiger partial charge in [-0.25, -0.2) is 28.3 Å². The molecule has 1 atom stereocenters. The first kappa shape index (κ1) is 39.7. The minimum atomic E-state index is -2.90. The summed E-state index contributed by atoms with van der Waals surface area (Å²) in [5, 5.41) is 6.15. The van der Waals surface area contributed by atoms with Crippen molar-refractivity contribution in [2.45, 2.75) is 72.1 Å². The minimum Gasteiger partial charge on any atom is -0.489 e. The molecule has 0 bridgehead atoms. The third kappa shape index (κ3) is 11.5. The van der Waals surface area contributed by atoms with E-state index in [4.69, 9.17) is 14.2 Å². The Morgan fingerprint density at radius 2 is 1.61 bits per heavy atom. The van der Waals surface area contributed by atoms with Crippen LogP contribution in [0.5, 0.6) is 5.75 Å². The molecule has 2 N–H and O–H groups in total. The van der Waals surface area contributed by atoms with Gasteiger partial charge in [0.25, 0.3) is 6.43 Å². The molecule has 0 unspecified atom stereocenters. The van der Waals surface area contributed by atoms with Gasteiger partial charge in [0.15, 0.2) is 0 Å². The summed E-state index contributed by atoms with van der Waals surface area (Å²) in [6.07, 6.45) is -1.70. The zero-order valence-corrected chi connectivity index (χ0v) is 31.8. The number of carbonyl (C=O) groups excluding carboxylic acids is 2. The van der Waals surface area contributed by atoms with Gasteiger partial charge in [0.05, 0.1) is 11.2 Å². The summed E-state index contributed by atoms with van der Waals surface area (Å²) in [4.78, 5) is 37.8. The summed E-state index contributed by atoms with van der Waals surface area (Å²) in [5.41, 5.74) is 1.62. The van der Waals surface area contributed by atoms with Crippen LogP contribution in [-0.2, 0) is 16.1 Å². The first-order valence-corrected chi connectivity index (χ1v) is 18.1. The number of nitrogens with one attached hydrogen (secondary N) is 2. The number of hydrogen-bond donors (Lipinski definition) is 2. The third-order valence-electron chi connectivity index (χ3n) is 8.60. The van der Waals surface area contributed by atoms with E-state index in [1.54, 1.807) is 57.0 Å². The number of aromatic nitrogens is 2. The van der Waals surface area contributed by atoms with E-state index in [0.29, 0.717) is 49.7 Å². The zero-order valence-electron chi connectivity index (χ0n) is 31.8. The Bertz CT molecular complexity index is 1850. The highest BCUT2D eigenvalue weighted by Gasteiger charge is 2.32. The van der Waals surface area contributed by atoms with Gasteiger partial charge in [-0.1, -0.05) is 44.2 Å². The molecule has 5 rings (SSSR count). The summed E-state index contributed by atoms with van der Waals surface area (Å²) < 4.78 is 45.5. The van der Waals surface area contributed by atoms with Crippen LogP contribution in [0.1, 0.15) is 65.6 Å². The quantitative estimate of drug-likeness (QED) is 0.138. The molecule has 1 aliphatic rings. The van der Waals surface area contributed by atoms with Gasteiger partial charge >= 0.3 is 12.2 Å². The highest BCUT2D eigenvalue weighted by Crippen LogP contribution is 2.32. The van der Waals surface area contributed by atoms with Crippen LogP contribution in [0.3, 0.4) is 0 Å². The Kier molecular flexibility index (Phi) is 12.9. The smallest absolute Gasteiger partial charge is 0.410 e. The van der Waals surface area contributed by atoms with Crippen molar-refractivity contribution >= 4 is 29.4 Å². The molecule has 288 valence electrons. The maximum absolute atomic E-state index is 14.3. The van der Waals surface area contributed by atoms with E-state index in [9.17, 15) is 18.4 Å². The SMILES string of the molecule is CC(C)C[C@@](C)(COc1ccc(-c2ccnc(Nc3ccc(N4CCN(C(=O)OCc5ccccc5)CC4)cc3)c2)nc1C(F)F)NC(=O)OC(C)(C)C. The Morgan fingerprint density at radius 3 is 2.26 bits per heavy atom. The molecule has 4 aromatic rings. The van der Waals surface area contributed by atoms with Crippen LogP contribution in [0.2, 0.25) is 0 Å². The predicted octanol–water partition coefficient (Wildman–Crippen LogP) is 8.99. The van der Waals surface area contributed by atoms with Crippen molar-refractivity contribution in [3.63, 3.8) is 0 Å². The van der Waals surface area contributed by atoms with Crippen molar-refractivity contribution < 1.29 is 32.6 Å². The van der Waals surface area contributed by atoms with E-state index in [2.05, 4.69) is 25.5 Å². The lowest BCUT2D eigenvalue weighted by Gasteiger charge is -2.35. The van der Waals surface area contributed by atoms with Crippen LogP contribution in [0.25, 0.3) is 11.3 Å². The van der Waals surface area contributed by atoms with Crippen LogP contribution < -0.4 is 20.3 Å². The standard InChI is InChI=1S/C41H50F2N6O5/c1-28(2)25-41(6,47-38(50)54-40(3,4)5)27-53-34-17-16-33(46-36(34)37(42)43)30-18-19-44-35(24-30)45-31-12-14-32(15-13-31)48-20-22-49(23-21-48)39(51)52-26-29-10-8-7-9-11-29/h7-19,24,28,37H,20-23,25-27H2,1-6H3,(H,44,45)(H,47,50)/t41-/m0/s1. The molecule has 3 heterocycles. The van der Waals surface area contributed by atoms with Gasteiger partial charge in [0.1, 0.15) is 36.1 Å². The topological polar surface area (TPSA) is 118 Å². The van der Waals surface area contributed by atoms with Crippen LogP contribution >= 0.6 is 0 Å². The molecule has 1 aliphatic heterocycles. The second-order valence-corrected chi connectivity index (χ2v) is 15.1. The number of ether oxygens (including phenoxy) is 3. The molecular formula is C41H50F2N6O5. The Balaban J connectivity index is 1.19. The fourth-order valence-corrected chi connectivity index (χ4v) is 6.25. The number of hydrogen-bond acceptors (Lipinski definition) is 9. The normalized spacial score (nSPS) is 14.4. The average Bonchev–Trinajstić information content (AvgIpc) is 3.12. The summed E-state index contributed by atoms with van der Waals surface area (Å²) >= 11 is 0. The van der Waals surface area contributed by atoms with Gasteiger partial charge in [0, 0.05) is 49.3 Å². The number of pyridine rings is 2. The van der Waals surface area contributed by atoms with Crippen molar-refractivity contribution in [2.75, 3.05) is 43.0 Å². The van der Waals surface area contributed by atoms with Gasteiger partial charge in [-0.3, -0.25) is 0 Å². The zero-order chi connectivity index (χ0) is 38.9. The fourth-order valence-electron chi connectivity index (χ4n) is 6.25. The van der Waals surface area contributed by atoms with Crippen molar-refractivity contribution in [2.24, 2.45) is 5.92 Å². The third-order valence-corrected chi connectivity index (χ3v) is 8.60. The summed E-state index contributed by atoms with van der Waals surface area (Å²) in [6, 6.07) is 24.0. The monoisotopic (exact) mass is 744 g/mol. The highest BCUT2D eigenvalue weighted by atomic mass is 19.3. The maximum Gasteiger partial charge on any atom is 0.410 e.